The number of hydrogen-bond donors (Lipinski definition) is 1. The molecule has 1 N–H and O–H groups in total. The van der Waals surface area contributed by atoms with Crippen molar-refractivity contribution in [2.45, 2.75) is 45.2 Å². The van der Waals surface area contributed by atoms with E-state index in [4.69, 9.17) is 10.00 Å². The maximum Gasteiger partial charge on any atom is 0.239 e. The highest BCUT2D eigenvalue weighted by Crippen LogP contribution is 2.22. The summed E-state index contributed by atoms with van der Waals surface area (Å²) in [6.07, 6.45) is 2.97. The van der Waals surface area contributed by atoms with Crippen molar-refractivity contribution in [1.29, 1.82) is 5.26 Å². The Hall–Kier alpha value is -1.12. The molecule has 1 saturated heterocycles. The summed E-state index contributed by atoms with van der Waals surface area (Å²) in [4.78, 5) is 14.3. The van der Waals surface area contributed by atoms with Crippen LogP contribution in [-0.4, -0.2) is 49.2 Å². The van der Waals surface area contributed by atoms with Gasteiger partial charge in [0.2, 0.25) is 5.91 Å². The minimum Gasteiger partial charge on any atom is -0.378 e. The first-order valence-corrected chi connectivity index (χ1v) is 7.05. The molecule has 5 heteroatoms. The molecule has 0 radical (unpaired) electrons. The van der Waals surface area contributed by atoms with E-state index < -0.39 is 0 Å². The molecule has 1 atom stereocenters. The van der Waals surface area contributed by atoms with Gasteiger partial charge in [0, 0.05) is 19.1 Å². The monoisotopic (exact) mass is 265 g/mol. The van der Waals surface area contributed by atoms with E-state index in [-0.39, 0.29) is 17.4 Å². The molecule has 1 aliphatic heterocycles. The minimum absolute atomic E-state index is 0.0805. The SMILES string of the molecule is CC(C)(C#N)CCN1CCOCC1C(=O)NC1CC1. The molecule has 0 aromatic heterocycles. The molecular formula is C14H23N3O2. The second kappa shape index (κ2) is 5.89. The Balaban J connectivity index is 1.88. The van der Waals surface area contributed by atoms with Crippen LogP contribution in [0.15, 0.2) is 0 Å². The van der Waals surface area contributed by atoms with E-state index in [0.717, 1.165) is 32.4 Å². The van der Waals surface area contributed by atoms with Crippen molar-refractivity contribution in [3.05, 3.63) is 0 Å². The van der Waals surface area contributed by atoms with E-state index in [2.05, 4.69) is 16.3 Å². The molecule has 1 heterocycles. The van der Waals surface area contributed by atoms with Crippen molar-refractivity contribution in [2.24, 2.45) is 5.41 Å². The largest absolute Gasteiger partial charge is 0.378 e. The number of nitriles is 1. The highest BCUT2D eigenvalue weighted by molar-refractivity contribution is 5.82. The zero-order chi connectivity index (χ0) is 13.9. The number of amides is 1. The maximum atomic E-state index is 12.2. The standard InChI is InChI=1S/C14H23N3O2/c1-14(2,10-15)5-6-17-7-8-19-9-12(17)13(18)16-11-3-4-11/h11-12H,3-9H2,1-2H3,(H,16,18). The van der Waals surface area contributed by atoms with Gasteiger partial charge in [0.25, 0.3) is 0 Å². The molecular weight excluding hydrogens is 242 g/mol. The van der Waals surface area contributed by atoms with Crippen LogP contribution in [0.2, 0.25) is 0 Å². The van der Waals surface area contributed by atoms with Gasteiger partial charge in [-0.25, -0.2) is 0 Å². The van der Waals surface area contributed by atoms with Crippen molar-refractivity contribution in [2.75, 3.05) is 26.3 Å². The topological polar surface area (TPSA) is 65.4 Å². The van der Waals surface area contributed by atoms with E-state index in [1.54, 1.807) is 0 Å². The van der Waals surface area contributed by atoms with Crippen molar-refractivity contribution in [3.63, 3.8) is 0 Å². The number of rotatable bonds is 5. The van der Waals surface area contributed by atoms with E-state index in [0.29, 0.717) is 19.3 Å². The molecule has 2 fully saturated rings. The molecule has 0 spiro atoms. The van der Waals surface area contributed by atoms with Gasteiger partial charge in [0.05, 0.1) is 24.7 Å². The first-order chi connectivity index (χ1) is 9.02. The lowest BCUT2D eigenvalue weighted by atomic mass is 9.91. The Morgan fingerprint density at radius 3 is 2.89 bits per heavy atom. The fraction of sp³-hybridized carbons (Fsp3) is 0.857. The average Bonchev–Trinajstić information content (AvgIpc) is 3.21. The number of hydrogen-bond acceptors (Lipinski definition) is 4. The van der Waals surface area contributed by atoms with Gasteiger partial charge in [-0.05, 0) is 33.1 Å². The van der Waals surface area contributed by atoms with E-state index in [9.17, 15) is 4.79 Å². The van der Waals surface area contributed by atoms with Crippen molar-refractivity contribution < 1.29 is 9.53 Å². The average molecular weight is 265 g/mol. The molecule has 2 rings (SSSR count). The third kappa shape index (κ3) is 4.19. The molecule has 106 valence electrons. The molecule has 5 nitrogen and oxygen atoms in total. The van der Waals surface area contributed by atoms with Gasteiger partial charge >= 0.3 is 0 Å². The zero-order valence-corrected chi connectivity index (χ0v) is 11.8. The molecule has 0 bridgehead atoms. The zero-order valence-electron chi connectivity index (χ0n) is 11.8. The summed E-state index contributed by atoms with van der Waals surface area (Å²) in [5.74, 6) is 0.0805. The molecule has 0 aromatic carbocycles. The smallest absolute Gasteiger partial charge is 0.239 e. The summed E-state index contributed by atoms with van der Waals surface area (Å²) in [6.45, 7) is 6.54. The Morgan fingerprint density at radius 1 is 1.53 bits per heavy atom. The van der Waals surface area contributed by atoms with E-state index in [1.165, 1.54) is 0 Å². The van der Waals surface area contributed by atoms with Gasteiger partial charge in [-0.15, -0.1) is 0 Å². The Morgan fingerprint density at radius 2 is 2.26 bits per heavy atom. The summed E-state index contributed by atoms with van der Waals surface area (Å²) in [6, 6.07) is 2.50. The Bertz CT molecular complexity index is 371. The third-order valence-electron chi connectivity index (χ3n) is 3.79. The highest BCUT2D eigenvalue weighted by atomic mass is 16.5. The fourth-order valence-corrected chi connectivity index (χ4v) is 2.15. The first-order valence-electron chi connectivity index (χ1n) is 7.05. The summed E-state index contributed by atoms with van der Waals surface area (Å²) in [5, 5.41) is 12.1. The number of carbonyl (C=O) groups is 1. The second-order valence-electron chi connectivity index (χ2n) is 6.16. The predicted octanol–water partition coefficient (Wildman–Crippen LogP) is 0.906. The molecule has 1 unspecified atom stereocenters. The summed E-state index contributed by atoms with van der Waals surface area (Å²) >= 11 is 0. The normalized spacial score (nSPS) is 24.8. The molecule has 1 amide bonds. The minimum atomic E-state index is -0.337. The van der Waals surface area contributed by atoms with Crippen molar-refractivity contribution >= 4 is 5.91 Å². The lowest BCUT2D eigenvalue weighted by Gasteiger charge is -2.35. The van der Waals surface area contributed by atoms with E-state index >= 15 is 0 Å². The van der Waals surface area contributed by atoms with Gasteiger partial charge in [-0.1, -0.05) is 0 Å². The summed E-state index contributed by atoms with van der Waals surface area (Å²) < 4.78 is 5.43. The van der Waals surface area contributed by atoms with Crippen LogP contribution in [0.5, 0.6) is 0 Å². The number of nitrogens with one attached hydrogen (secondary N) is 1. The van der Waals surface area contributed by atoms with Gasteiger partial charge < -0.3 is 10.1 Å². The van der Waals surface area contributed by atoms with Gasteiger partial charge in [-0.3, -0.25) is 9.69 Å². The third-order valence-corrected chi connectivity index (χ3v) is 3.79. The molecule has 1 saturated carbocycles. The second-order valence-corrected chi connectivity index (χ2v) is 6.16. The van der Waals surface area contributed by atoms with Crippen LogP contribution in [0.25, 0.3) is 0 Å². The van der Waals surface area contributed by atoms with Crippen molar-refractivity contribution in [3.8, 4) is 6.07 Å². The Kier molecular flexibility index (Phi) is 4.43. The van der Waals surface area contributed by atoms with E-state index in [1.807, 2.05) is 13.8 Å². The number of morpholine rings is 1. The first kappa shape index (κ1) is 14.3. The lowest BCUT2D eigenvalue weighted by molar-refractivity contribution is -0.132. The molecule has 0 aromatic rings. The lowest BCUT2D eigenvalue weighted by Crippen LogP contribution is -2.54. The van der Waals surface area contributed by atoms with Gasteiger partial charge in [0.1, 0.15) is 6.04 Å². The predicted molar refractivity (Wildman–Crippen MR) is 71.4 cm³/mol. The fourth-order valence-electron chi connectivity index (χ4n) is 2.15. The van der Waals surface area contributed by atoms with Crippen LogP contribution in [0.4, 0.5) is 0 Å². The van der Waals surface area contributed by atoms with Crippen molar-refractivity contribution in [1.82, 2.24) is 10.2 Å². The Labute approximate surface area is 114 Å². The number of carbonyl (C=O) groups excluding carboxylic acids is 1. The van der Waals surface area contributed by atoms with Crippen LogP contribution in [-0.2, 0) is 9.53 Å². The summed E-state index contributed by atoms with van der Waals surface area (Å²) in [7, 11) is 0. The maximum absolute atomic E-state index is 12.2. The van der Waals surface area contributed by atoms with Gasteiger partial charge in [-0.2, -0.15) is 5.26 Å². The van der Waals surface area contributed by atoms with Crippen LogP contribution in [0, 0.1) is 16.7 Å². The van der Waals surface area contributed by atoms with Crippen LogP contribution in [0.1, 0.15) is 33.1 Å². The number of nitrogens with zero attached hydrogens (tertiary/aromatic N) is 2. The molecule has 19 heavy (non-hydrogen) atoms. The van der Waals surface area contributed by atoms with Crippen LogP contribution >= 0.6 is 0 Å². The molecule has 1 aliphatic carbocycles. The highest BCUT2D eigenvalue weighted by Gasteiger charge is 2.33. The molecule has 2 aliphatic rings. The summed E-state index contributed by atoms with van der Waals surface area (Å²) in [5.41, 5.74) is -0.337. The van der Waals surface area contributed by atoms with Crippen LogP contribution < -0.4 is 5.32 Å². The number of ether oxygens (including phenoxy) is 1. The van der Waals surface area contributed by atoms with Gasteiger partial charge in [0.15, 0.2) is 0 Å². The van der Waals surface area contributed by atoms with Crippen LogP contribution in [0.3, 0.4) is 0 Å². The quantitative estimate of drug-likeness (QED) is 0.802.